The van der Waals surface area contributed by atoms with E-state index in [1.807, 2.05) is 0 Å². The Balaban J connectivity index is 1.77. The number of rotatable bonds is 6. The molecule has 0 fully saturated rings. The second kappa shape index (κ2) is 9.00. The Morgan fingerprint density at radius 1 is 0.655 bits per heavy atom. The summed E-state index contributed by atoms with van der Waals surface area (Å²) in [6.45, 7) is 14.8. The van der Waals surface area contributed by atoms with Crippen LogP contribution in [0.15, 0.2) is 43.8 Å². The van der Waals surface area contributed by atoms with E-state index < -0.39 is 12.7 Å². The third-order valence-electron chi connectivity index (χ3n) is 4.80. The summed E-state index contributed by atoms with van der Waals surface area (Å²) in [5, 5.41) is 0. The number of hydrogen-bond donors (Lipinski definition) is 0. The molecule has 2 aromatic rings. The van der Waals surface area contributed by atoms with Crippen molar-refractivity contribution in [3.05, 3.63) is 35.4 Å². The van der Waals surface area contributed by atoms with Crippen LogP contribution in [0.4, 0.5) is 0 Å². The number of hydrogen-bond acceptors (Lipinski definition) is 6. The summed E-state index contributed by atoms with van der Waals surface area (Å²) >= 11 is -2.51. The maximum absolute atomic E-state index is 6.04. The topological polar surface area (TPSA) is 18.5 Å². The van der Waals surface area contributed by atoms with Gasteiger partial charge < -0.3 is 0 Å². The molecular formula is C22H28O2S4Te. The SMILES string of the molecule is CCOc1ccc(C(C)C)c2c1S[Te]1(Sc3c(OCC)ccc(C(C)C)c3S1)S2. The molecule has 7 heteroatoms. The average Bonchev–Trinajstić information content (AvgIpc) is 3.22. The molecule has 0 unspecified atom stereocenters. The standard InChI is InChI=1S/C22H28O2S4Te/c1-7-23-17-11-9-15(13(3)4)19-21(17)27-29(25-19)26-20-16(14(5)6)10-12-18(24-8-2)22(20)28-29/h9-14H,7-8H2,1-6H3. The molecule has 0 saturated carbocycles. The normalized spacial score (nSPS) is 17.7. The zero-order chi connectivity index (χ0) is 20.8. The van der Waals surface area contributed by atoms with Gasteiger partial charge in [-0.25, -0.2) is 0 Å². The molecule has 2 heterocycles. The molecule has 2 nitrogen and oxygen atoms in total. The Morgan fingerprint density at radius 2 is 1.03 bits per heavy atom. The van der Waals surface area contributed by atoms with Crippen LogP contribution in [-0.4, -0.2) is 25.9 Å². The molecule has 29 heavy (non-hydrogen) atoms. The fourth-order valence-electron chi connectivity index (χ4n) is 3.41. The third-order valence-corrected chi connectivity index (χ3v) is 37.4. The van der Waals surface area contributed by atoms with E-state index in [-0.39, 0.29) is 0 Å². The van der Waals surface area contributed by atoms with Gasteiger partial charge in [0.1, 0.15) is 0 Å². The Hall–Kier alpha value is 0.230. The molecule has 0 aromatic heterocycles. The molecule has 0 radical (unpaired) electrons. The van der Waals surface area contributed by atoms with Crippen LogP contribution in [0.25, 0.3) is 0 Å². The van der Waals surface area contributed by atoms with E-state index in [0.29, 0.717) is 25.0 Å². The van der Waals surface area contributed by atoms with E-state index in [0.717, 1.165) is 11.5 Å². The first-order valence-corrected chi connectivity index (χ1v) is 24.5. The van der Waals surface area contributed by atoms with Crippen LogP contribution in [0.3, 0.4) is 0 Å². The molecule has 4 rings (SSSR count). The molecule has 0 N–H and O–H groups in total. The van der Waals surface area contributed by atoms with Gasteiger partial charge >= 0.3 is 191 Å². The van der Waals surface area contributed by atoms with E-state index in [1.54, 1.807) is 0 Å². The molecule has 0 atom stereocenters. The molecule has 2 aliphatic heterocycles. The third kappa shape index (κ3) is 4.17. The van der Waals surface area contributed by atoms with Crippen LogP contribution in [-0.2, 0) is 0 Å². The Labute approximate surface area is 189 Å². The van der Waals surface area contributed by atoms with Crippen molar-refractivity contribution in [2.24, 2.45) is 0 Å². The summed E-state index contributed by atoms with van der Waals surface area (Å²) < 4.78 is 12.1. The van der Waals surface area contributed by atoms with Gasteiger partial charge in [0.25, 0.3) is 0 Å². The predicted octanol–water partition coefficient (Wildman–Crippen LogP) is 8.26. The fourth-order valence-corrected chi connectivity index (χ4v) is 44.0. The van der Waals surface area contributed by atoms with Crippen molar-refractivity contribution in [1.82, 2.24) is 0 Å². The Morgan fingerprint density at radius 3 is 1.38 bits per heavy atom. The van der Waals surface area contributed by atoms with E-state index in [9.17, 15) is 0 Å². The first-order valence-electron chi connectivity index (χ1n) is 10.1. The van der Waals surface area contributed by atoms with Gasteiger partial charge in [-0.1, -0.05) is 0 Å². The molecule has 0 bridgehead atoms. The van der Waals surface area contributed by atoms with E-state index in [2.05, 4.69) is 102 Å². The first kappa shape index (κ1) is 22.4. The molecule has 0 aliphatic carbocycles. The first-order chi connectivity index (χ1) is 13.9. The van der Waals surface area contributed by atoms with Gasteiger partial charge in [-0.05, 0) is 0 Å². The van der Waals surface area contributed by atoms with Crippen molar-refractivity contribution in [1.29, 1.82) is 0 Å². The van der Waals surface area contributed by atoms with Gasteiger partial charge in [0.05, 0.1) is 0 Å². The van der Waals surface area contributed by atoms with Crippen LogP contribution in [0.2, 0.25) is 0 Å². The monoisotopic (exact) mass is 582 g/mol. The van der Waals surface area contributed by atoms with Crippen LogP contribution < -0.4 is 9.47 Å². The quantitative estimate of drug-likeness (QED) is 0.318. The number of benzene rings is 2. The van der Waals surface area contributed by atoms with E-state index >= 15 is 0 Å². The van der Waals surface area contributed by atoms with Crippen molar-refractivity contribution in [3.8, 4) is 11.5 Å². The van der Waals surface area contributed by atoms with Crippen molar-refractivity contribution in [3.63, 3.8) is 0 Å². The number of fused-ring (bicyclic) bond motifs is 2. The minimum atomic E-state index is -2.51. The second-order valence-electron chi connectivity index (χ2n) is 7.54. The Kier molecular flexibility index (Phi) is 6.96. The van der Waals surface area contributed by atoms with Crippen molar-refractivity contribution in [2.45, 2.75) is 73.0 Å². The van der Waals surface area contributed by atoms with Gasteiger partial charge in [0.15, 0.2) is 0 Å². The second-order valence-corrected chi connectivity index (χ2v) is 39.8. The van der Waals surface area contributed by atoms with Gasteiger partial charge in [-0.15, -0.1) is 0 Å². The van der Waals surface area contributed by atoms with Gasteiger partial charge in [0, 0.05) is 0 Å². The molecule has 0 saturated heterocycles. The van der Waals surface area contributed by atoms with Crippen molar-refractivity contribution in [2.75, 3.05) is 13.2 Å². The molecule has 2 aliphatic rings. The summed E-state index contributed by atoms with van der Waals surface area (Å²) in [5.74, 6) is 3.18. The fraction of sp³-hybridized carbons (Fsp3) is 0.455. The average molecular weight is 580 g/mol. The minimum absolute atomic E-state index is 0.523. The predicted molar refractivity (Wildman–Crippen MR) is 133 cm³/mol. The van der Waals surface area contributed by atoms with Gasteiger partial charge in [-0.2, -0.15) is 0 Å². The zero-order valence-corrected chi connectivity index (χ0v) is 23.3. The zero-order valence-electron chi connectivity index (χ0n) is 17.7. The van der Waals surface area contributed by atoms with Gasteiger partial charge in [0.2, 0.25) is 0 Å². The van der Waals surface area contributed by atoms with Crippen molar-refractivity contribution < 1.29 is 9.47 Å². The molecule has 0 amide bonds. The number of ether oxygens (including phenoxy) is 2. The van der Waals surface area contributed by atoms with Crippen molar-refractivity contribution >= 4 is 48.6 Å². The molecule has 158 valence electrons. The van der Waals surface area contributed by atoms with E-state index in [1.165, 1.54) is 30.7 Å². The van der Waals surface area contributed by atoms with Gasteiger partial charge in [-0.3, -0.25) is 0 Å². The maximum atomic E-state index is 6.04. The van der Waals surface area contributed by atoms with Crippen LogP contribution in [0, 0.1) is 0 Å². The summed E-state index contributed by atoms with van der Waals surface area (Å²) in [6, 6.07) is 8.95. The van der Waals surface area contributed by atoms with E-state index in [4.69, 9.17) is 9.47 Å². The Bertz CT molecular complexity index is 854. The van der Waals surface area contributed by atoms with Crippen LogP contribution in [0.1, 0.15) is 64.5 Å². The molecular weight excluding hydrogens is 552 g/mol. The summed E-state index contributed by atoms with van der Waals surface area (Å²) in [6.07, 6.45) is 0. The molecule has 1 spiro atoms. The van der Waals surface area contributed by atoms with Crippen LogP contribution >= 0.6 is 36.0 Å². The van der Waals surface area contributed by atoms with Crippen LogP contribution in [0.5, 0.6) is 11.5 Å². The molecule has 2 aromatic carbocycles. The summed E-state index contributed by atoms with van der Waals surface area (Å²) in [4.78, 5) is 5.74. The summed E-state index contributed by atoms with van der Waals surface area (Å²) in [7, 11) is 8.67. The summed E-state index contributed by atoms with van der Waals surface area (Å²) in [5.41, 5.74) is 2.94.